The predicted molar refractivity (Wildman–Crippen MR) is 272 cm³/mol. The van der Waals surface area contributed by atoms with Gasteiger partial charge in [-0.15, -0.1) is 0 Å². The number of amides is 6. The molecule has 0 fully saturated rings. The molecule has 0 aliphatic heterocycles. The third-order valence-electron chi connectivity index (χ3n) is 9.11. The van der Waals surface area contributed by atoms with Crippen LogP contribution in [0.25, 0.3) is 0 Å². The van der Waals surface area contributed by atoms with Crippen LogP contribution in [0.2, 0.25) is 0 Å². The van der Waals surface area contributed by atoms with E-state index in [1.807, 2.05) is 0 Å². The van der Waals surface area contributed by atoms with Crippen molar-refractivity contribution in [3.63, 3.8) is 0 Å². The first-order chi connectivity index (χ1) is 39.2. The maximum Gasteiger partial charge on any atom is 0.410 e. The van der Waals surface area contributed by atoms with Gasteiger partial charge in [0.15, 0.2) is 0 Å². The molecule has 0 spiro atoms. The summed E-state index contributed by atoms with van der Waals surface area (Å²) in [5.74, 6) is 19.7. The molecule has 0 radical (unpaired) electrons. The van der Waals surface area contributed by atoms with Crippen LogP contribution in [0.5, 0.6) is 0 Å². The standard InChI is InChI=1S/C44H88N10O26/c45-77-35-29-67-21-17-61-9-1-49-39(55)71-13-5-53(6-14-72-40(56)50-2-10-62-18-22-68-30-36-78-46)43(59)75-33-27-65-25-26-66-28-34-76-44(60)54(7-15-73-41(57)51-3-11-63-19-23-69-31-37-79-47)8-16-74-42(58)52-4-12-64-20-24-70-32-38-80-48/h1-38,45-48H2,(H,49,55)(H,50,56)(H,51,57)(H,52,58). The molecule has 0 saturated carbocycles. The van der Waals surface area contributed by atoms with Gasteiger partial charge in [0.2, 0.25) is 0 Å². The quantitative estimate of drug-likeness (QED) is 0.0166. The van der Waals surface area contributed by atoms with Gasteiger partial charge in [0, 0.05) is 26.2 Å². The molecule has 0 heterocycles. The maximum atomic E-state index is 13.0. The first kappa shape index (κ1) is 74.9. The third kappa shape index (κ3) is 53.5. The number of nitrogens with two attached hydrogens (primary N) is 4. The van der Waals surface area contributed by atoms with Crippen molar-refractivity contribution in [1.29, 1.82) is 0 Å². The van der Waals surface area contributed by atoms with Gasteiger partial charge in [-0.2, -0.15) is 0 Å². The van der Waals surface area contributed by atoms with Crippen molar-refractivity contribution in [3.8, 4) is 0 Å². The Labute approximate surface area is 465 Å². The topological polar surface area (TPSA) is 446 Å². The number of carbonyl (C=O) groups excluding carboxylic acids is 6. The second kappa shape index (κ2) is 60.0. The van der Waals surface area contributed by atoms with Crippen LogP contribution in [0.1, 0.15) is 0 Å². The van der Waals surface area contributed by atoms with Crippen molar-refractivity contribution in [2.75, 3.05) is 251 Å². The average Bonchev–Trinajstić information content (AvgIpc) is 3.44. The highest BCUT2D eigenvalue weighted by atomic mass is 16.6. The lowest BCUT2D eigenvalue weighted by molar-refractivity contribution is 0.00588. The molecule has 0 aromatic carbocycles. The van der Waals surface area contributed by atoms with E-state index in [-0.39, 0.29) is 198 Å². The van der Waals surface area contributed by atoms with Gasteiger partial charge in [-0.05, 0) is 0 Å². The molecule has 80 heavy (non-hydrogen) atoms. The molecular formula is C44H88N10O26. The SMILES string of the molecule is NOCCOCCOCCNC(=O)OCCN(CCOC(=O)NCCOCCOCCON)C(=O)OCCOCCOCCOC(=O)N(CCOC(=O)NCCOCCOCCON)CCOC(=O)NCCOCCOCCON. The Hall–Kier alpha value is -5.10. The monoisotopic (exact) mass is 1170 g/mol. The van der Waals surface area contributed by atoms with Crippen LogP contribution in [0, 0.1) is 0 Å². The molecule has 36 nitrogen and oxygen atoms in total. The van der Waals surface area contributed by atoms with E-state index in [4.69, 9.17) is 99.4 Å². The minimum Gasteiger partial charge on any atom is -0.448 e. The molecule has 12 N–H and O–H groups in total. The molecular weight excluding hydrogens is 1080 g/mol. The summed E-state index contributed by atoms with van der Waals surface area (Å²) in [6.45, 7) is 4.45. The summed E-state index contributed by atoms with van der Waals surface area (Å²) < 4.78 is 84.6. The molecule has 0 unspecified atom stereocenters. The van der Waals surface area contributed by atoms with Gasteiger partial charge < -0.3 is 126 Å². The van der Waals surface area contributed by atoms with Gasteiger partial charge in [-0.25, -0.2) is 52.4 Å². The zero-order chi connectivity index (χ0) is 58.5. The largest absolute Gasteiger partial charge is 0.448 e. The number of nitrogens with zero attached hydrogens (tertiary/aromatic N) is 2. The average molecular weight is 1170 g/mol. The van der Waals surface area contributed by atoms with E-state index < -0.39 is 36.6 Å². The number of alkyl carbamates (subject to hydrolysis) is 4. The molecule has 470 valence electrons. The highest BCUT2D eigenvalue weighted by molar-refractivity contribution is 5.70. The molecule has 0 aliphatic rings. The number of nitrogens with one attached hydrogen (secondary N) is 4. The Kier molecular flexibility index (Phi) is 56.2. The van der Waals surface area contributed by atoms with Crippen molar-refractivity contribution < 1.29 is 124 Å². The van der Waals surface area contributed by atoms with E-state index in [0.717, 1.165) is 0 Å². The number of hydrogen-bond acceptors (Lipinski definition) is 30. The highest BCUT2D eigenvalue weighted by Gasteiger charge is 2.19. The van der Waals surface area contributed by atoms with Crippen LogP contribution in [0.4, 0.5) is 28.8 Å². The summed E-state index contributed by atoms with van der Waals surface area (Å²) >= 11 is 0. The first-order valence-corrected chi connectivity index (χ1v) is 25.7. The van der Waals surface area contributed by atoms with Gasteiger partial charge >= 0.3 is 36.6 Å². The Bertz CT molecular complexity index is 1300. The normalized spacial score (nSPS) is 10.9. The van der Waals surface area contributed by atoms with Crippen molar-refractivity contribution in [2.24, 2.45) is 23.6 Å². The van der Waals surface area contributed by atoms with Crippen LogP contribution in [-0.2, 0) is 95.1 Å². The Morgan fingerprint density at radius 1 is 0.237 bits per heavy atom. The molecule has 36 heteroatoms. The molecule has 0 bridgehead atoms. The van der Waals surface area contributed by atoms with Crippen molar-refractivity contribution in [3.05, 3.63) is 0 Å². The molecule has 0 saturated heterocycles. The zero-order valence-corrected chi connectivity index (χ0v) is 45.7. The van der Waals surface area contributed by atoms with Crippen LogP contribution >= 0.6 is 0 Å². The smallest absolute Gasteiger partial charge is 0.410 e. The lowest BCUT2D eigenvalue weighted by Crippen LogP contribution is -2.40. The van der Waals surface area contributed by atoms with E-state index in [9.17, 15) is 28.8 Å². The van der Waals surface area contributed by atoms with Gasteiger partial charge in [-0.3, -0.25) is 0 Å². The fraction of sp³-hybridized carbons (Fsp3) is 0.864. The number of hydrogen-bond donors (Lipinski definition) is 8. The second-order valence-corrected chi connectivity index (χ2v) is 15.1. The lowest BCUT2D eigenvalue weighted by Gasteiger charge is -2.22. The van der Waals surface area contributed by atoms with Crippen molar-refractivity contribution in [2.45, 2.75) is 0 Å². The number of ether oxygens (including phenoxy) is 16. The van der Waals surface area contributed by atoms with Gasteiger partial charge in [0.25, 0.3) is 0 Å². The Morgan fingerprint density at radius 3 is 0.637 bits per heavy atom. The molecule has 0 atom stereocenters. The summed E-state index contributed by atoms with van der Waals surface area (Å²) in [6.07, 6.45) is -4.61. The fourth-order valence-electron chi connectivity index (χ4n) is 5.28. The summed E-state index contributed by atoms with van der Waals surface area (Å²) in [5.41, 5.74) is 0. The van der Waals surface area contributed by atoms with Gasteiger partial charge in [0.05, 0.1) is 185 Å². The lowest BCUT2D eigenvalue weighted by atomic mass is 10.5. The van der Waals surface area contributed by atoms with E-state index in [0.29, 0.717) is 52.9 Å². The molecule has 0 rings (SSSR count). The summed E-state index contributed by atoms with van der Waals surface area (Å²) in [6, 6.07) is 0. The van der Waals surface area contributed by atoms with Crippen LogP contribution in [0.15, 0.2) is 0 Å². The second-order valence-electron chi connectivity index (χ2n) is 15.1. The van der Waals surface area contributed by atoms with Gasteiger partial charge in [-0.1, -0.05) is 0 Å². The van der Waals surface area contributed by atoms with Crippen LogP contribution in [-0.4, -0.2) is 297 Å². The van der Waals surface area contributed by atoms with E-state index >= 15 is 0 Å². The van der Waals surface area contributed by atoms with E-state index in [1.54, 1.807) is 0 Å². The van der Waals surface area contributed by atoms with Crippen molar-refractivity contribution >= 4 is 36.6 Å². The van der Waals surface area contributed by atoms with Gasteiger partial charge in [0.1, 0.15) is 39.6 Å². The number of rotatable bonds is 57. The predicted octanol–water partition coefficient (Wildman–Crippen LogP) is -3.50. The number of carbonyl (C=O) groups is 6. The molecule has 6 amide bonds. The Balaban J connectivity index is 4.83. The van der Waals surface area contributed by atoms with Crippen LogP contribution < -0.4 is 44.9 Å². The summed E-state index contributed by atoms with van der Waals surface area (Å²) in [7, 11) is 0. The van der Waals surface area contributed by atoms with Crippen molar-refractivity contribution in [1.82, 2.24) is 31.1 Å². The summed E-state index contributed by atoms with van der Waals surface area (Å²) in [5, 5.41) is 10.1. The minimum absolute atomic E-state index is 0.0249. The summed E-state index contributed by atoms with van der Waals surface area (Å²) in [4.78, 5) is 94.8. The Morgan fingerprint density at radius 2 is 0.425 bits per heavy atom. The molecule has 0 aromatic rings. The third-order valence-corrected chi connectivity index (χ3v) is 9.11. The molecule has 0 aliphatic carbocycles. The highest BCUT2D eigenvalue weighted by Crippen LogP contribution is 1.99. The minimum atomic E-state index is -0.801. The molecule has 0 aromatic heterocycles. The van der Waals surface area contributed by atoms with E-state index in [1.165, 1.54) is 9.80 Å². The zero-order valence-electron chi connectivity index (χ0n) is 45.7. The van der Waals surface area contributed by atoms with Crippen LogP contribution in [0.3, 0.4) is 0 Å². The maximum absolute atomic E-state index is 13.0. The van der Waals surface area contributed by atoms with E-state index in [2.05, 4.69) is 40.6 Å². The fourth-order valence-corrected chi connectivity index (χ4v) is 5.28. The first-order valence-electron chi connectivity index (χ1n) is 25.7.